The van der Waals surface area contributed by atoms with Gasteiger partial charge in [0.25, 0.3) is 12.1 Å². The number of nitrogens with two attached hydrogens (primary N) is 1. The number of hydrogen-bond acceptors (Lipinski definition) is 5. The maximum Gasteiger partial charge on any atom is 0.356 e. The number of alkyl halides is 2. The Bertz CT molecular complexity index is 463. The molecular weight excluding hydrogens is 228 g/mol. The number of anilines is 1. The molecule has 0 aliphatic heterocycles. The second-order valence-electron chi connectivity index (χ2n) is 2.69. The van der Waals surface area contributed by atoms with Gasteiger partial charge < -0.3 is 10.8 Å². The molecule has 0 saturated carbocycles. The third kappa shape index (κ3) is 2.02. The van der Waals surface area contributed by atoms with Gasteiger partial charge in [-0.05, 0) is 0 Å². The van der Waals surface area contributed by atoms with Gasteiger partial charge in [-0.15, -0.1) is 0 Å². The number of rotatable bonds is 3. The van der Waals surface area contributed by atoms with Crippen LogP contribution in [0.15, 0.2) is 6.07 Å². The second kappa shape index (κ2) is 4.04. The smallest absolute Gasteiger partial charge is 0.356 e. The van der Waals surface area contributed by atoms with E-state index < -0.39 is 40.1 Å². The fourth-order valence-corrected chi connectivity index (χ4v) is 1.01. The summed E-state index contributed by atoms with van der Waals surface area (Å²) in [5, 5.41) is 18.9. The molecule has 0 spiro atoms. The normalized spacial score (nSPS) is 10.4. The van der Waals surface area contributed by atoms with E-state index >= 15 is 0 Å². The average molecular weight is 233 g/mol. The molecule has 7 nitrogen and oxygen atoms in total. The minimum atomic E-state index is -3.25. The van der Waals surface area contributed by atoms with Gasteiger partial charge in [-0.3, -0.25) is 10.1 Å². The quantitative estimate of drug-likeness (QED) is 0.598. The molecule has 1 rings (SSSR count). The first-order chi connectivity index (χ1) is 7.34. The van der Waals surface area contributed by atoms with Crippen molar-refractivity contribution < 1.29 is 23.6 Å². The third-order valence-corrected chi connectivity index (χ3v) is 1.67. The maximum atomic E-state index is 12.4. The van der Waals surface area contributed by atoms with Crippen molar-refractivity contribution in [2.24, 2.45) is 0 Å². The number of pyridine rings is 1. The molecule has 0 aliphatic carbocycles. The molecule has 1 aromatic heterocycles. The van der Waals surface area contributed by atoms with E-state index in [9.17, 15) is 23.7 Å². The summed E-state index contributed by atoms with van der Waals surface area (Å²) < 4.78 is 24.7. The van der Waals surface area contributed by atoms with Crippen LogP contribution >= 0.6 is 0 Å². The number of carbonyl (C=O) groups is 1. The number of aromatic nitrogens is 1. The number of carboxylic acids is 1. The van der Waals surface area contributed by atoms with E-state index in [1.54, 1.807) is 0 Å². The highest BCUT2D eigenvalue weighted by Crippen LogP contribution is 2.29. The van der Waals surface area contributed by atoms with Crippen LogP contribution in [0.1, 0.15) is 22.6 Å². The van der Waals surface area contributed by atoms with Crippen molar-refractivity contribution in [1.29, 1.82) is 0 Å². The van der Waals surface area contributed by atoms with E-state index in [1.807, 2.05) is 0 Å². The van der Waals surface area contributed by atoms with E-state index in [1.165, 1.54) is 0 Å². The molecule has 0 unspecified atom stereocenters. The van der Waals surface area contributed by atoms with E-state index in [0.717, 1.165) is 0 Å². The molecule has 0 amide bonds. The number of carboxylic acid groups (broad SMARTS) is 1. The molecule has 0 bridgehead atoms. The van der Waals surface area contributed by atoms with Gasteiger partial charge in [0.1, 0.15) is 0 Å². The summed E-state index contributed by atoms with van der Waals surface area (Å²) >= 11 is 0. The molecule has 1 aromatic rings. The standard InChI is InChI=1S/C7H5F2N3O4/c8-6(9)5-3(12(15)16)1-2(10)4(11-5)7(13)14/h1,6H,10H2,(H,13,14). The van der Waals surface area contributed by atoms with E-state index in [-0.39, 0.29) is 0 Å². The van der Waals surface area contributed by atoms with Crippen LogP contribution in [0.4, 0.5) is 20.2 Å². The first kappa shape index (κ1) is 11.8. The van der Waals surface area contributed by atoms with Crippen molar-refractivity contribution in [3.63, 3.8) is 0 Å². The van der Waals surface area contributed by atoms with Crippen LogP contribution in [-0.2, 0) is 0 Å². The van der Waals surface area contributed by atoms with Gasteiger partial charge in [-0.1, -0.05) is 0 Å². The maximum absolute atomic E-state index is 12.4. The van der Waals surface area contributed by atoms with Gasteiger partial charge >= 0.3 is 5.97 Å². The predicted octanol–water partition coefficient (Wildman–Crippen LogP) is 1.21. The van der Waals surface area contributed by atoms with Crippen molar-refractivity contribution in [2.45, 2.75) is 6.43 Å². The van der Waals surface area contributed by atoms with E-state index in [4.69, 9.17) is 10.8 Å². The van der Waals surface area contributed by atoms with E-state index in [0.29, 0.717) is 6.07 Å². The lowest BCUT2D eigenvalue weighted by Gasteiger charge is -2.04. The van der Waals surface area contributed by atoms with Crippen LogP contribution in [0.5, 0.6) is 0 Å². The first-order valence-corrected chi connectivity index (χ1v) is 3.80. The van der Waals surface area contributed by atoms with Crippen molar-refractivity contribution in [1.82, 2.24) is 4.98 Å². The van der Waals surface area contributed by atoms with Gasteiger partial charge in [-0.2, -0.15) is 0 Å². The largest absolute Gasteiger partial charge is 0.476 e. The minimum Gasteiger partial charge on any atom is -0.476 e. The van der Waals surface area contributed by atoms with Crippen LogP contribution < -0.4 is 5.73 Å². The number of nitrogens with zero attached hydrogens (tertiary/aromatic N) is 2. The zero-order valence-electron chi connectivity index (χ0n) is 7.55. The van der Waals surface area contributed by atoms with Gasteiger partial charge in [-0.25, -0.2) is 18.6 Å². The molecule has 0 radical (unpaired) electrons. The zero-order chi connectivity index (χ0) is 12.5. The number of halogens is 2. The lowest BCUT2D eigenvalue weighted by Crippen LogP contribution is -2.10. The zero-order valence-corrected chi connectivity index (χ0v) is 7.55. The Hall–Kier alpha value is -2.32. The molecule has 16 heavy (non-hydrogen) atoms. The highest BCUT2D eigenvalue weighted by Gasteiger charge is 2.27. The third-order valence-electron chi connectivity index (χ3n) is 1.67. The SMILES string of the molecule is Nc1cc([N+](=O)[O-])c(C(F)F)nc1C(=O)O. The minimum absolute atomic E-state index is 0.538. The Morgan fingerprint density at radius 3 is 2.56 bits per heavy atom. The second-order valence-corrected chi connectivity index (χ2v) is 2.69. The van der Waals surface area contributed by atoms with Crippen LogP contribution in [0.25, 0.3) is 0 Å². The van der Waals surface area contributed by atoms with Gasteiger partial charge in [0.2, 0.25) is 0 Å². The summed E-state index contributed by atoms with van der Waals surface area (Å²) in [4.78, 5) is 22.8. The molecule has 3 N–H and O–H groups in total. The monoisotopic (exact) mass is 233 g/mol. The predicted molar refractivity (Wildman–Crippen MR) is 47.2 cm³/mol. The Morgan fingerprint density at radius 1 is 1.62 bits per heavy atom. The van der Waals surface area contributed by atoms with Crippen LogP contribution in [0.2, 0.25) is 0 Å². The van der Waals surface area contributed by atoms with E-state index in [2.05, 4.69) is 4.98 Å². The average Bonchev–Trinajstić information content (AvgIpc) is 2.15. The number of nitrogen functional groups attached to an aromatic ring is 1. The lowest BCUT2D eigenvalue weighted by molar-refractivity contribution is -0.386. The lowest BCUT2D eigenvalue weighted by atomic mass is 10.2. The highest BCUT2D eigenvalue weighted by molar-refractivity contribution is 5.91. The molecule has 1 heterocycles. The molecule has 0 atom stereocenters. The topological polar surface area (TPSA) is 119 Å². The summed E-state index contributed by atoms with van der Waals surface area (Å²) in [5.41, 5.74) is 1.55. The Balaban J connectivity index is 3.49. The molecular formula is C7H5F2N3O4. The van der Waals surface area contributed by atoms with Crippen molar-refractivity contribution in [2.75, 3.05) is 5.73 Å². The molecule has 0 aliphatic rings. The van der Waals surface area contributed by atoms with Gasteiger partial charge in [0.05, 0.1) is 10.6 Å². The Morgan fingerprint density at radius 2 is 2.19 bits per heavy atom. The fraction of sp³-hybridized carbons (Fsp3) is 0.143. The summed E-state index contributed by atoms with van der Waals surface area (Å²) in [5.74, 6) is -1.63. The fourth-order valence-electron chi connectivity index (χ4n) is 1.01. The number of aromatic carboxylic acids is 1. The Labute approximate surface area is 86.7 Å². The van der Waals surface area contributed by atoms with Crippen molar-refractivity contribution in [3.8, 4) is 0 Å². The molecule has 0 fully saturated rings. The molecule has 86 valence electrons. The van der Waals surface area contributed by atoms with Crippen molar-refractivity contribution >= 4 is 17.3 Å². The summed E-state index contributed by atoms with van der Waals surface area (Å²) in [7, 11) is 0. The summed E-state index contributed by atoms with van der Waals surface area (Å²) in [6.07, 6.45) is -3.25. The number of hydrogen-bond donors (Lipinski definition) is 2. The van der Waals surface area contributed by atoms with Gasteiger partial charge in [0, 0.05) is 6.07 Å². The summed E-state index contributed by atoms with van der Waals surface area (Å²) in [6.45, 7) is 0. The Kier molecular flexibility index (Phi) is 2.97. The van der Waals surface area contributed by atoms with Crippen LogP contribution in [-0.4, -0.2) is 21.0 Å². The van der Waals surface area contributed by atoms with Gasteiger partial charge in [0.15, 0.2) is 11.4 Å². The molecule has 0 aromatic carbocycles. The highest BCUT2D eigenvalue weighted by atomic mass is 19.3. The first-order valence-electron chi connectivity index (χ1n) is 3.80. The van der Waals surface area contributed by atoms with Crippen LogP contribution in [0.3, 0.4) is 0 Å². The van der Waals surface area contributed by atoms with Crippen LogP contribution in [0, 0.1) is 10.1 Å². The molecule has 0 saturated heterocycles. The number of nitro groups is 1. The summed E-state index contributed by atoms with van der Waals surface area (Å²) in [6, 6.07) is 0.554. The molecule has 9 heteroatoms. The van der Waals surface area contributed by atoms with Crippen molar-refractivity contribution in [3.05, 3.63) is 27.6 Å².